The Morgan fingerprint density at radius 2 is 1.94 bits per heavy atom. The Kier molecular flexibility index (Phi) is 7.55. The minimum Gasteiger partial charge on any atom is -0.496 e. The smallest absolute Gasteiger partial charge is 0.187 e. The third-order valence-electron chi connectivity index (χ3n) is 4.99. The van der Waals surface area contributed by atoms with Crippen LogP contribution in [0.4, 0.5) is 9.52 Å². The third kappa shape index (κ3) is 5.01. The summed E-state index contributed by atoms with van der Waals surface area (Å²) < 4.78 is 24.3. The van der Waals surface area contributed by atoms with Crippen molar-refractivity contribution >= 4 is 28.1 Å². The molecule has 162 valence electrons. The van der Waals surface area contributed by atoms with E-state index in [4.69, 9.17) is 32.5 Å². The van der Waals surface area contributed by atoms with Gasteiger partial charge < -0.3 is 14.4 Å². The van der Waals surface area contributed by atoms with Crippen LogP contribution in [0.2, 0.25) is 5.02 Å². The first-order valence-electron chi connectivity index (χ1n) is 9.66. The second-order valence-electron chi connectivity index (χ2n) is 7.06. The highest BCUT2D eigenvalue weighted by Crippen LogP contribution is 2.40. The summed E-state index contributed by atoms with van der Waals surface area (Å²) in [6.07, 6.45) is 5.68. The fourth-order valence-corrected chi connectivity index (χ4v) is 4.65. The summed E-state index contributed by atoms with van der Waals surface area (Å²) in [7, 11) is 3.25. The molecule has 3 aromatic rings. The average Bonchev–Trinajstić information content (AvgIpc) is 3.13. The van der Waals surface area contributed by atoms with Crippen LogP contribution in [0.5, 0.6) is 5.75 Å². The number of methoxy groups -OCH3 is 2. The molecule has 3 rings (SSSR count). The molecule has 1 atom stereocenters. The minimum atomic E-state index is -0.291. The van der Waals surface area contributed by atoms with Crippen molar-refractivity contribution in [2.45, 2.75) is 19.9 Å². The van der Waals surface area contributed by atoms with Gasteiger partial charge in [-0.05, 0) is 49.2 Å². The lowest BCUT2D eigenvalue weighted by atomic mass is 10.1. The van der Waals surface area contributed by atoms with Crippen molar-refractivity contribution in [3.63, 3.8) is 0 Å². The summed E-state index contributed by atoms with van der Waals surface area (Å²) in [5.74, 6) is 3.15. The van der Waals surface area contributed by atoms with Crippen LogP contribution in [0.3, 0.4) is 0 Å². The molecular weight excluding hydrogens is 435 g/mol. The zero-order valence-electron chi connectivity index (χ0n) is 17.9. The molecule has 0 radical (unpaired) electrons. The summed E-state index contributed by atoms with van der Waals surface area (Å²) in [4.78, 5) is 7.91. The molecule has 7 heteroatoms. The summed E-state index contributed by atoms with van der Waals surface area (Å²) in [6, 6.07) is 9.92. The van der Waals surface area contributed by atoms with Gasteiger partial charge in [-0.1, -0.05) is 29.7 Å². The number of nitrogens with zero attached hydrogens (tertiary/aromatic N) is 2. The molecule has 0 aliphatic heterocycles. The number of ether oxygens (including phenoxy) is 2. The summed E-state index contributed by atoms with van der Waals surface area (Å²) >= 11 is 8.08. The van der Waals surface area contributed by atoms with Crippen molar-refractivity contribution in [2.24, 2.45) is 0 Å². The largest absolute Gasteiger partial charge is 0.496 e. The number of terminal acetylenes is 1. The number of hydrogen-bond donors (Lipinski definition) is 0. The van der Waals surface area contributed by atoms with Crippen molar-refractivity contribution in [1.82, 2.24) is 4.98 Å². The molecule has 0 aliphatic carbocycles. The van der Waals surface area contributed by atoms with Crippen molar-refractivity contribution in [3.05, 3.63) is 63.2 Å². The van der Waals surface area contributed by atoms with Crippen molar-refractivity contribution in [1.29, 1.82) is 0 Å². The van der Waals surface area contributed by atoms with Gasteiger partial charge in [0.25, 0.3) is 0 Å². The first-order valence-corrected chi connectivity index (χ1v) is 10.9. The van der Waals surface area contributed by atoms with Crippen LogP contribution in [-0.4, -0.2) is 32.4 Å². The maximum Gasteiger partial charge on any atom is 0.187 e. The highest BCUT2D eigenvalue weighted by Gasteiger charge is 2.25. The molecule has 0 bridgehead atoms. The second kappa shape index (κ2) is 10.1. The lowest BCUT2D eigenvalue weighted by Gasteiger charge is -2.30. The lowest BCUT2D eigenvalue weighted by molar-refractivity contribution is 0.178. The Morgan fingerprint density at radius 1 is 1.23 bits per heavy atom. The Hall–Kier alpha value is -2.59. The number of halogens is 2. The quantitative estimate of drug-likeness (QED) is 0.384. The van der Waals surface area contributed by atoms with Gasteiger partial charge in [0.15, 0.2) is 5.13 Å². The molecule has 0 spiro atoms. The van der Waals surface area contributed by atoms with Crippen molar-refractivity contribution in [2.75, 3.05) is 32.3 Å². The van der Waals surface area contributed by atoms with Crippen LogP contribution in [0.1, 0.15) is 22.0 Å². The monoisotopic (exact) mass is 458 g/mol. The maximum absolute atomic E-state index is 13.5. The van der Waals surface area contributed by atoms with Crippen LogP contribution < -0.4 is 9.64 Å². The van der Waals surface area contributed by atoms with E-state index in [2.05, 4.69) is 5.92 Å². The number of rotatable bonds is 8. The molecule has 1 heterocycles. The Bertz CT molecular complexity index is 1090. The molecule has 1 aromatic heterocycles. The molecular formula is C24H24ClFN2O2S. The Balaban J connectivity index is 2.06. The topological polar surface area (TPSA) is 34.6 Å². The number of hydrogen-bond acceptors (Lipinski definition) is 5. The van der Waals surface area contributed by atoms with Gasteiger partial charge in [-0.3, -0.25) is 0 Å². The molecule has 0 fully saturated rings. The van der Waals surface area contributed by atoms with Crippen molar-refractivity contribution < 1.29 is 13.9 Å². The number of aromatic nitrogens is 1. The molecule has 0 N–H and O–H groups in total. The molecule has 0 amide bonds. The average molecular weight is 459 g/mol. The van der Waals surface area contributed by atoms with E-state index in [1.54, 1.807) is 32.4 Å². The molecule has 4 nitrogen and oxygen atoms in total. The fourth-order valence-electron chi connectivity index (χ4n) is 3.44. The maximum atomic E-state index is 13.5. The van der Waals surface area contributed by atoms with E-state index in [9.17, 15) is 4.39 Å². The Labute approximate surface area is 191 Å². The summed E-state index contributed by atoms with van der Waals surface area (Å²) in [5.41, 5.74) is 3.50. The lowest BCUT2D eigenvalue weighted by Crippen LogP contribution is -2.32. The summed E-state index contributed by atoms with van der Waals surface area (Å²) in [5, 5.41) is 1.32. The van der Waals surface area contributed by atoms with Gasteiger partial charge in [-0.2, -0.15) is 0 Å². The molecule has 2 aromatic carbocycles. The van der Waals surface area contributed by atoms with Crippen LogP contribution in [-0.2, 0) is 4.74 Å². The number of thiazole rings is 1. The molecule has 0 saturated heterocycles. The predicted octanol–water partition coefficient (Wildman–Crippen LogP) is 6.06. The van der Waals surface area contributed by atoms with E-state index in [1.807, 2.05) is 24.8 Å². The van der Waals surface area contributed by atoms with Gasteiger partial charge in [0.1, 0.15) is 11.6 Å². The molecule has 0 aliphatic rings. The van der Waals surface area contributed by atoms with Gasteiger partial charge in [-0.25, -0.2) is 9.37 Å². The van der Waals surface area contributed by atoms with Gasteiger partial charge in [0, 0.05) is 17.6 Å². The van der Waals surface area contributed by atoms with Gasteiger partial charge in [-0.15, -0.1) is 17.8 Å². The highest BCUT2D eigenvalue weighted by molar-refractivity contribution is 7.16. The van der Waals surface area contributed by atoms with Gasteiger partial charge in [0.2, 0.25) is 0 Å². The molecule has 0 saturated carbocycles. The fraction of sp³-hybridized carbons (Fsp3) is 0.292. The number of benzene rings is 2. The number of aryl methyl sites for hydroxylation is 2. The standard InChI is InChI=1S/C24H24ClFN2O2S/c1-6-11-28(21(14-29-4)17-7-9-18(26)10-8-17)24-27-23(16(3)31-24)19-12-15(2)22(30-5)13-20(19)25/h1,7-10,12-13,21H,11,14H2,2-5H3/t21-/m0/s1. The van der Waals surface area contributed by atoms with E-state index in [0.717, 1.165) is 38.1 Å². The van der Waals surface area contributed by atoms with E-state index in [1.165, 1.54) is 23.5 Å². The molecule has 0 unspecified atom stereocenters. The highest BCUT2D eigenvalue weighted by atomic mass is 35.5. The number of anilines is 1. The SMILES string of the molecule is C#CCN(c1nc(-c2cc(C)c(OC)cc2Cl)c(C)s1)[C@@H](COC)c1ccc(F)cc1. The van der Waals surface area contributed by atoms with E-state index >= 15 is 0 Å². The molecule has 31 heavy (non-hydrogen) atoms. The van der Waals surface area contributed by atoms with Crippen LogP contribution in [0.25, 0.3) is 11.3 Å². The Morgan fingerprint density at radius 3 is 2.55 bits per heavy atom. The zero-order chi connectivity index (χ0) is 22.5. The van der Waals surface area contributed by atoms with Crippen molar-refractivity contribution in [3.8, 4) is 29.4 Å². The second-order valence-corrected chi connectivity index (χ2v) is 8.65. The predicted molar refractivity (Wildman–Crippen MR) is 126 cm³/mol. The van der Waals surface area contributed by atoms with E-state index < -0.39 is 0 Å². The van der Waals surface area contributed by atoms with E-state index in [-0.39, 0.29) is 11.9 Å². The van der Waals surface area contributed by atoms with Crippen LogP contribution in [0.15, 0.2) is 36.4 Å². The zero-order valence-corrected chi connectivity index (χ0v) is 19.5. The normalized spacial score (nSPS) is 11.8. The minimum absolute atomic E-state index is 0.215. The van der Waals surface area contributed by atoms with Gasteiger partial charge in [0.05, 0.1) is 37.0 Å². The van der Waals surface area contributed by atoms with Crippen LogP contribution in [0, 0.1) is 32.0 Å². The van der Waals surface area contributed by atoms with Gasteiger partial charge >= 0.3 is 0 Å². The first-order chi connectivity index (χ1) is 14.9. The van der Waals surface area contributed by atoms with E-state index in [0.29, 0.717) is 18.2 Å². The first kappa shape index (κ1) is 23.1. The summed E-state index contributed by atoms with van der Waals surface area (Å²) in [6.45, 7) is 4.68. The van der Waals surface area contributed by atoms with Crippen LogP contribution >= 0.6 is 22.9 Å². The third-order valence-corrected chi connectivity index (χ3v) is 6.31.